The van der Waals surface area contributed by atoms with E-state index >= 15 is 0 Å². The fourth-order valence-electron chi connectivity index (χ4n) is 1.76. The molecule has 0 fully saturated rings. The predicted octanol–water partition coefficient (Wildman–Crippen LogP) is 3.15. The van der Waals surface area contributed by atoms with Crippen LogP contribution >= 0.6 is 0 Å². The lowest BCUT2D eigenvalue weighted by Gasteiger charge is -2.05. The van der Waals surface area contributed by atoms with Gasteiger partial charge in [0, 0.05) is 0 Å². The predicted molar refractivity (Wildman–Crippen MR) is 66.9 cm³/mol. The van der Waals surface area contributed by atoms with E-state index in [0.29, 0.717) is 4.90 Å². The van der Waals surface area contributed by atoms with E-state index < -0.39 is 11.1 Å². The molecule has 2 aromatic rings. The highest BCUT2D eigenvalue weighted by Gasteiger charge is 2.04. The Morgan fingerprint density at radius 1 is 1.31 bits per heavy atom. The molecule has 0 radical (unpaired) electrons. The molecule has 0 aliphatic carbocycles. The summed E-state index contributed by atoms with van der Waals surface area (Å²) in [5.74, 6) is 0. The molecule has 0 heterocycles. The molecule has 0 aliphatic rings. The summed E-state index contributed by atoms with van der Waals surface area (Å²) in [5.41, 5.74) is 1.12. The summed E-state index contributed by atoms with van der Waals surface area (Å²) in [6.45, 7) is 3.71. The summed E-state index contributed by atoms with van der Waals surface area (Å²) in [4.78, 5) is 0.434. The molecule has 2 aromatic carbocycles. The van der Waals surface area contributed by atoms with Crippen LogP contribution in [0.2, 0.25) is 0 Å². The monoisotopic (exact) mass is 232 g/mol. The van der Waals surface area contributed by atoms with E-state index in [1.165, 1.54) is 0 Å². The number of hydrogen-bond acceptors (Lipinski definition) is 1. The van der Waals surface area contributed by atoms with Crippen molar-refractivity contribution in [3.8, 4) is 0 Å². The Morgan fingerprint density at radius 2 is 2.12 bits per heavy atom. The largest absolute Gasteiger partial charge is 0.302 e. The first-order valence-electron chi connectivity index (χ1n) is 4.96. The smallest absolute Gasteiger partial charge is 0.186 e. The van der Waals surface area contributed by atoms with Crippen LogP contribution in [0.4, 0.5) is 0 Å². The SMILES string of the molecule is C=CCc1cccc2ccc(S(=O)O)cc12. The molecule has 0 spiro atoms. The quantitative estimate of drug-likeness (QED) is 0.652. The van der Waals surface area contributed by atoms with Gasteiger partial charge in [0.1, 0.15) is 0 Å². The fraction of sp³-hybridized carbons (Fsp3) is 0.0769. The fourth-order valence-corrected chi connectivity index (χ4v) is 2.16. The van der Waals surface area contributed by atoms with Gasteiger partial charge < -0.3 is 4.55 Å². The Labute approximate surface area is 96.9 Å². The first-order valence-corrected chi connectivity index (χ1v) is 6.06. The molecule has 1 atom stereocenters. The van der Waals surface area contributed by atoms with E-state index in [0.717, 1.165) is 22.8 Å². The van der Waals surface area contributed by atoms with Crippen LogP contribution in [-0.2, 0) is 17.5 Å². The van der Waals surface area contributed by atoms with Crippen LogP contribution in [0.3, 0.4) is 0 Å². The Hall–Kier alpha value is -1.45. The molecular formula is C13H12O2S. The first-order chi connectivity index (χ1) is 7.72. The van der Waals surface area contributed by atoms with Gasteiger partial charge in [0.05, 0.1) is 4.90 Å². The van der Waals surface area contributed by atoms with Crippen molar-refractivity contribution in [1.29, 1.82) is 0 Å². The Bertz CT molecular complexity index is 561. The normalized spacial score (nSPS) is 12.6. The van der Waals surface area contributed by atoms with Crippen molar-refractivity contribution < 1.29 is 8.76 Å². The van der Waals surface area contributed by atoms with Crippen molar-refractivity contribution in [3.63, 3.8) is 0 Å². The Morgan fingerprint density at radius 3 is 2.81 bits per heavy atom. The second-order valence-electron chi connectivity index (χ2n) is 3.54. The van der Waals surface area contributed by atoms with Gasteiger partial charge >= 0.3 is 0 Å². The lowest BCUT2D eigenvalue weighted by atomic mass is 10.0. The Balaban J connectivity index is 2.67. The van der Waals surface area contributed by atoms with E-state index in [2.05, 4.69) is 6.58 Å². The maximum Gasteiger partial charge on any atom is 0.186 e. The summed E-state index contributed by atoms with van der Waals surface area (Å²) in [6, 6.07) is 11.3. The van der Waals surface area contributed by atoms with Crippen LogP contribution in [0.15, 0.2) is 53.9 Å². The van der Waals surface area contributed by atoms with E-state index in [4.69, 9.17) is 4.55 Å². The molecule has 82 valence electrons. The zero-order valence-electron chi connectivity index (χ0n) is 8.72. The second-order valence-corrected chi connectivity index (χ2v) is 4.51. The molecule has 1 unspecified atom stereocenters. The first kappa shape index (κ1) is 11.0. The molecule has 16 heavy (non-hydrogen) atoms. The topological polar surface area (TPSA) is 37.3 Å². The molecule has 0 aromatic heterocycles. The number of rotatable bonds is 3. The number of fused-ring (bicyclic) bond motifs is 1. The summed E-state index contributed by atoms with van der Waals surface area (Å²) in [5, 5.41) is 2.09. The minimum atomic E-state index is -1.92. The second kappa shape index (κ2) is 4.60. The van der Waals surface area contributed by atoms with Gasteiger partial charge in [-0.3, -0.25) is 0 Å². The van der Waals surface area contributed by atoms with Crippen LogP contribution in [-0.4, -0.2) is 8.76 Å². The molecule has 0 saturated heterocycles. The molecule has 0 amide bonds. The molecule has 0 bridgehead atoms. The van der Waals surface area contributed by atoms with Crippen LogP contribution in [0.5, 0.6) is 0 Å². The Kier molecular flexibility index (Phi) is 3.17. The molecule has 1 N–H and O–H groups in total. The summed E-state index contributed by atoms with van der Waals surface area (Å²) >= 11 is -1.92. The van der Waals surface area contributed by atoms with Crippen molar-refractivity contribution in [2.45, 2.75) is 11.3 Å². The summed E-state index contributed by atoms with van der Waals surface area (Å²) < 4.78 is 20.1. The molecular weight excluding hydrogens is 220 g/mol. The van der Waals surface area contributed by atoms with Gasteiger partial charge in [-0.1, -0.05) is 30.3 Å². The van der Waals surface area contributed by atoms with Crippen molar-refractivity contribution in [1.82, 2.24) is 0 Å². The van der Waals surface area contributed by atoms with E-state index in [-0.39, 0.29) is 0 Å². The summed E-state index contributed by atoms with van der Waals surface area (Å²) in [7, 11) is 0. The van der Waals surface area contributed by atoms with Crippen LogP contribution < -0.4 is 0 Å². The van der Waals surface area contributed by atoms with Gasteiger partial charge in [-0.05, 0) is 34.9 Å². The number of allylic oxidation sites excluding steroid dienone is 1. The van der Waals surface area contributed by atoms with Gasteiger partial charge in [0.2, 0.25) is 0 Å². The lowest BCUT2D eigenvalue weighted by Crippen LogP contribution is -1.90. The van der Waals surface area contributed by atoms with Gasteiger partial charge in [0.25, 0.3) is 0 Å². The third kappa shape index (κ3) is 2.05. The molecule has 2 nitrogen and oxygen atoms in total. The highest BCUT2D eigenvalue weighted by atomic mass is 32.2. The van der Waals surface area contributed by atoms with Gasteiger partial charge in [-0.25, -0.2) is 4.21 Å². The van der Waals surface area contributed by atoms with Crippen molar-refractivity contribution in [3.05, 3.63) is 54.6 Å². The van der Waals surface area contributed by atoms with Gasteiger partial charge in [-0.15, -0.1) is 6.58 Å². The summed E-state index contributed by atoms with van der Waals surface area (Å²) in [6.07, 6.45) is 2.59. The van der Waals surface area contributed by atoms with Crippen molar-refractivity contribution >= 4 is 21.9 Å². The average Bonchev–Trinajstić information content (AvgIpc) is 2.29. The standard InChI is InChI=1S/C13H12O2S/c1-2-4-10-5-3-6-11-7-8-12(16(14)15)9-13(10)11/h2-3,5-9H,1,4H2,(H,14,15). The maximum atomic E-state index is 11.0. The van der Waals surface area contributed by atoms with E-state index in [1.54, 1.807) is 12.1 Å². The lowest BCUT2D eigenvalue weighted by molar-refractivity contribution is 0.564. The van der Waals surface area contributed by atoms with Gasteiger partial charge in [0.15, 0.2) is 11.1 Å². The average molecular weight is 232 g/mol. The molecule has 0 aliphatic heterocycles. The third-order valence-corrected chi connectivity index (χ3v) is 3.17. The number of hydrogen-bond donors (Lipinski definition) is 1. The van der Waals surface area contributed by atoms with Crippen molar-refractivity contribution in [2.24, 2.45) is 0 Å². The molecule has 2 rings (SSSR count). The molecule has 3 heteroatoms. The molecule has 0 saturated carbocycles. The minimum Gasteiger partial charge on any atom is -0.302 e. The minimum absolute atomic E-state index is 0.434. The van der Waals surface area contributed by atoms with Crippen molar-refractivity contribution in [2.75, 3.05) is 0 Å². The maximum absolute atomic E-state index is 11.0. The highest BCUT2D eigenvalue weighted by Crippen LogP contribution is 2.22. The third-order valence-electron chi connectivity index (χ3n) is 2.51. The van der Waals surface area contributed by atoms with Crippen LogP contribution in [0, 0.1) is 0 Å². The zero-order valence-corrected chi connectivity index (χ0v) is 9.54. The van der Waals surface area contributed by atoms with E-state index in [9.17, 15) is 4.21 Å². The zero-order chi connectivity index (χ0) is 11.5. The van der Waals surface area contributed by atoms with E-state index in [1.807, 2.05) is 30.3 Å². The van der Waals surface area contributed by atoms with Crippen LogP contribution in [0.25, 0.3) is 10.8 Å². The van der Waals surface area contributed by atoms with Crippen LogP contribution in [0.1, 0.15) is 5.56 Å². The van der Waals surface area contributed by atoms with Gasteiger partial charge in [-0.2, -0.15) is 0 Å². The highest BCUT2D eigenvalue weighted by molar-refractivity contribution is 7.79. The number of benzene rings is 2.